The van der Waals surface area contributed by atoms with Gasteiger partial charge in [0.15, 0.2) is 0 Å². The molecule has 5 atom stereocenters. The number of hydrogen-bond donors (Lipinski definition) is 2. The van der Waals surface area contributed by atoms with E-state index < -0.39 is 59.2 Å². The second kappa shape index (κ2) is 16.8. The molecule has 3 amide bonds. The van der Waals surface area contributed by atoms with Crippen molar-refractivity contribution < 1.29 is 28.7 Å². The molecule has 2 aromatic rings. The maximum absolute atomic E-state index is 14.8. The number of carbonyl (C=O) groups is 4. The second-order valence-corrected chi connectivity index (χ2v) is 14.5. The van der Waals surface area contributed by atoms with Gasteiger partial charge in [0.2, 0.25) is 11.8 Å². The summed E-state index contributed by atoms with van der Waals surface area (Å²) in [5, 5.41) is 5.81. The van der Waals surface area contributed by atoms with Crippen LogP contribution >= 0.6 is 0 Å². The minimum atomic E-state index is -1.11. The molecule has 0 saturated carbocycles. The highest BCUT2D eigenvalue weighted by molar-refractivity contribution is 5.94. The summed E-state index contributed by atoms with van der Waals surface area (Å²) in [5.41, 5.74) is 1.62. The van der Waals surface area contributed by atoms with Crippen molar-refractivity contribution in [2.75, 3.05) is 0 Å². The van der Waals surface area contributed by atoms with Crippen molar-refractivity contribution in [3.05, 3.63) is 70.8 Å². The van der Waals surface area contributed by atoms with Crippen LogP contribution in [-0.4, -0.2) is 58.1 Å². The summed E-state index contributed by atoms with van der Waals surface area (Å²) >= 11 is 0. The molecule has 0 saturated heterocycles. The molecule has 5 unspecified atom stereocenters. The molecule has 0 aliphatic heterocycles. The van der Waals surface area contributed by atoms with Crippen LogP contribution in [0.15, 0.2) is 48.5 Å². The van der Waals surface area contributed by atoms with E-state index in [-0.39, 0.29) is 12.3 Å². The maximum Gasteiger partial charge on any atom is 0.408 e. The van der Waals surface area contributed by atoms with E-state index in [1.165, 1.54) is 0 Å². The lowest BCUT2D eigenvalue weighted by Crippen LogP contribution is -2.58. The summed E-state index contributed by atoms with van der Waals surface area (Å²) in [4.78, 5) is 57.7. The zero-order chi connectivity index (χ0) is 35.7. The van der Waals surface area contributed by atoms with Gasteiger partial charge in [0, 0.05) is 12.5 Å². The van der Waals surface area contributed by atoms with E-state index in [0.717, 1.165) is 16.7 Å². The first-order valence-corrected chi connectivity index (χ1v) is 16.7. The van der Waals surface area contributed by atoms with Crippen LogP contribution in [0.5, 0.6) is 0 Å². The van der Waals surface area contributed by atoms with Gasteiger partial charge in [-0.25, -0.2) is 9.59 Å². The molecule has 0 aromatic heterocycles. The van der Waals surface area contributed by atoms with E-state index in [2.05, 4.69) is 10.6 Å². The summed E-state index contributed by atoms with van der Waals surface area (Å²) in [6, 6.07) is 11.6. The standard InChI is InChI=1S/C38H57N3O6/c1-13-24(3)31(40-36(45)47-38(10,11)12)34(43)41(27(6)14-2)32(30-25(4)19-18-20-26(30)5)33(42)39-29(35(44)46-37(7,8)9)23-28-21-16-15-17-22-28/h15-22,24,27,29,31-32H,13-14,23H2,1-12H3,(H,39,42)(H,40,45). The number of alkyl carbamates (subject to hydrolysis) is 1. The molecule has 47 heavy (non-hydrogen) atoms. The molecule has 0 bridgehead atoms. The number of esters is 1. The minimum absolute atomic E-state index is 0.202. The topological polar surface area (TPSA) is 114 Å². The summed E-state index contributed by atoms with van der Waals surface area (Å²) in [5.74, 6) is -1.75. The van der Waals surface area contributed by atoms with Gasteiger partial charge >= 0.3 is 12.1 Å². The fourth-order valence-corrected chi connectivity index (χ4v) is 5.40. The van der Waals surface area contributed by atoms with Crippen LogP contribution in [0.2, 0.25) is 0 Å². The van der Waals surface area contributed by atoms with Crippen LogP contribution in [0.25, 0.3) is 0 Å². The Balaban J connectivity index is 2.72. The van der Waals surface area contributed by atoms with Crippen LogP contribution in [0, 0.1) is 19.8 Å². The first kappa shape index (κ1) is 39.3. The third-order valence-corrected chi connectivity index (χ3v) is 8.10. The number of nitrogens with zero attached hydrogens (tertiary/aromatic N) is 1. The summed E-state index contributed by atoms with van der Waals surface area (Å²) < 4.78 is 11.3. The molecular weight excluding hydrogens is 594 g/mol. The fourth-order valence-electron chi connectivity index (χ4n) is 5.40. The highest BCUT2D eigenvalue weighted by Crippen LogP contribution is 2.32. The van der Waals surface area contributed by atoms with E-state index in [4.69, 9.17) is 9.47 Å². The van der Waals surface area contributed by atoms with Gasteiger partial charge in [0.1, 0.15) is 29.3 Å². The molecule has 0 aliphatic carbocycles. The van der Waals surface area contributed by atoms with Gasteiger partial charge in [-0.05, 0) is 96.9 Å². The van der Waals surface area contributed by atoms with Crippen LogP contribution < -0.4 is 10.6 Å². The SMILES string of the molecule is CCC(C)C(NC(=O)OC(C)(C)C)C(=O)N(C(C)CC)C(C(=O)NC(Cc1ccccc1)C(=O)OC(C)(C)C)c1c(C)cccc1C. The van der Waals surface area contributed by atoms with Crippen LogP contribution in [0.4, 0.5) is 4.79 Å². The van der Waals surface area contributed by atoms with E-state index in [0.29, 0.717) is 18.4 Å². The number of benzene rings is 2. The molecule has 9 heteroatoms. The number of ether oxygens (including phenoxy) is 2. The Kier molecular flexibility index (Phi) is 14.0. The predicted octanol–water partition coefficient (Wildman–Crippen LogP) is 6.98. The van der Waals surface area contributed by atoms with Crippen molar-refractivity contribution in [1.82, 2.24) is 15.5 Å². The Bertz CT molecular complexity index is 1340. The van der Waals surface area contributed by atoms with Gasteiger partial charge in [0.05, 0.1) is 0 Å². The minimum Gasteiger partial charge on any atom is -0.458 e. The lowest BCUT2D eigenvalue weighted by Gasteiger charge is -2.40. The molecule has 0 heterocycles. The molecule has 2 rings (SSSR count). The molecule has 0 aliphatic rings. The molecule has 2 N–H and O–H groups in total. The van der Waals surface area contributed by atoms with Crippen molar-refractivity contribution >= 4 is 23.9 Å². The Hall–Kier alpha value is -3.88. The first-order chi connectivity index (χ1) is 21.8. The van der Waals surface area contributed by atoms with Gasteiger partial charge < -0.3 is 25.0 Å². The van der Waals surface area contributed by atoms with Crippen LogP contribution in [-0.2, 0) is 30.3 Å². The molecule has 0 fully saturated rings. The monoisotopic (exact) mass is 651 g/mol. The largest absolute Gasteiger partial charge is 0.458 e. The van der Waals surface area contributed by atoms with Crippen molar-refractivity contribution in [2.45, 2.75) is 138 Å². The number of nitrogens with one attached hydrogen (secondary N) is 2. The van der Waals surface area contributed by atoms with Crippen molar-refractivity contribution in [1.29, 1.82) is 0 Å². The second-order valence-electron chi connectivity index (χ2n) is 14.5. The number of aryl methyl sites for hydroxylation is 2. The zero-order valence-corrected chi connectivity index (χ0v) is 30.5. The maximum atomic E-state index is 14.8. The lowest BCUT2D eigenvalue weighted by atomic mass is 9.90. The van der Waals surface area contributed by atoms with E-state index >= 15 is 0 Å². The lowest BCUT2D eigenvalue weighted by molar-refractivity contribution is -0.159. The van der Waals surface area contributed by atoms with Gasteiger partial charge in [-0.1, -0.05) is 75.7 Å². The normalized spacial score (nSPS) is 15.0. The highest BCUT2D eigenvalue weighted by Gasteiger charge is 2.42. The Morgan fingerprint density at radius 3 is 1.81 bits per heavy atom. The predicted molar refractivity (Wildman–Crippen MR) is 186 cm³/mol. The van der Waals surface area contributed by atoms with Crippen molar-refractivity contribution in [2.24, 2.45) is 5.92 Å². The third kappa shape index (κ3) is 11.7. The molecule has 260 valence electrons. The molecule has 9 nitrogen and oxygen atoms in total. The van der Waals surface area contributed by atoms with E-state index in [1.807, 2.05) is 90.1 Å². The van der Waals surface area contributed by atoms with Crippen LogP contribution in [0.1, 0.15) is 110 Å². The summed E-state index contributed by atoms with van der Waals surface area (Å²) in [6.07, 6.45) is 0.632. The quantitative estimate of drug-likeness (QED) is 0.226. The number of amides is 3. The smallest absolute Gasteiger partial charge is 0.408 e. The van der Waals surface area contributed by atoms with Crippen LogP contribution in [0.3, 0.4) is 0 Å². The van der Waals surface area contributed by atoms with Gasteiger partial charge in [-0.15, -0.1) is 0 Å². The van der Waals surface area contributed by atoms with E-state index in [1.54, 1.807) is 46.4 Å². The Labute approximate surface area is 282 Å². The average molecular weight is 652 g/mol. The number of rotatable bonds is 13. The first-order valence-electron chi connectivity index (χ1n) is 16.7. The average Bonchev–Trinajstić information content (AvgIpc) is 2.96. The zero-order valence-electron chi connectivity index (χ0n) is 30.5. The summed E-state index contributed by atoms with van der Waals surface area (Å²) in [7, 11) is 0. The fraction of sp³-hybridized carbons (Fsp3) is 0.579. The van der Waals surface area contributed by atoms with Gasteiger partial charge in [0.25, 0.3) is 0 Å². The number of hydrogen-bond acceptors (Lipinski definition) is 6. The van der Waals surface area contributed by atoms with Crippen molar-refractivity contribution in [3.63, 3.8) is 0 Å². The van der Waals surface area contributed by atoms with Gasteiger partial charge in [-0.2, -0.15) is 0 Å². The summed E-state index contributed by atoms with van der Waals surface area (Å²) in [6.45, 7) is 22.1. The third-order valence-electron chi connectivity index (χ3n) is 8.10. The number of carbonyl (C=O) groups excluding carboxylic acids is 4. The molecule has 0 radical (unpaired) electrons. The Morgan fingerprint density at radius 2 is 1.32 bits per heavy atom. The Morgan fingerprint density at radius 1 is 0.766 bits per heavy atom. The van der Waals surface area contributed by atoms with Crippen molar-refractivity contribution in [3.8, 4) is 0 Å². The molecule has 2 aromatic carbocycles. The highest BCUT2D eigenvalue weighted by atomic mass is 16.6. The molecule has 0 spiro atoms. The van der Waals surface area contributed by atoms with Gasteiger partial charge in [-0.3, -0.25) is 9.59 Å². The molecular formula is C38H57N3O6. The van der Waals surface area contributed by atoms with E-state index in [9.17, 15) is 19.2 Å².